The summed E-state index contributed by atoms with van der Waals surface area (Å²) in [5.74, 6) is 0.829. The number of ether oxygens (including phenoxy) is 5. The number of carbonyl (C=O) groups is 1. The smallest absolute Gasteiger partial charge is 0.497 e. The molecule has 0 saturated carbocycles. The van der Waals surface area contributed by atoms with E-state index in [4.69, 9.17) is 23.7 Å². The quantitative estimate of drug-likeness (QED) is 0.178. The van der Waals surface area contributed by atoms with E-state index in [0.717, 1.165) is 16.7 Å². The number of H-pyrrole nitrogens is 1. The molecule has 0 spiro atoms. The minimum Gasteiger partial charge on any atom is -0.497 e. The molecule has 1 aliphatic rings. The van der Waals surface area contributed by atoms with Gasteiger partial charge in [0.2, 0.25) is 0 Å². The topological polar surface area (TPSA) is 118 Å². The fraction of sp³-hybridized carbons (Fsp3) is 0.343. The molecule has 1 N–H and O–H groups in total. The van der Waals surface area contributed by atoms with Crippen molar-refractivity contribution < 1.29 is 28.5 Å². The minimum absolute atomic E-state index is 0.137. The van der Waals surface area contributed by atoms with Gasteiger partial charge in [-0.2, -0.15) is 0 Å². The Morgan fingerprint density at radius 1 is 0.933 bits per heavy atom. The standard InChI is InChI=1S/C35H38N2O8/c1-23(2)21-42-34(40)43-22-30-29(19-31(44-30)37-20-24(3)32(38)36-33(37)39)45-35(25-11-7-5-8-12-25,26-13-9-6-10-14-26)27-15-17-28(41-4)18-16-27/h5-18,20,23,29-31H,19,21-22H2,1-4H3,(H,36,38,39)/t29-,30+,31+/m0/s1. The van der Waals surface area contributed by atoms with Crippen LogP contribution in [0.3, 0.4) is 0 Å². The van der Waals surface area contributed by atoms with Gasteiger partial charge in [0, 0.05) is 18.2 Å². The van der Waals surface area contributed by atoms with Crippen molar-refractivity contribution in [2.45, 2.75) is 51.2 Å². The Kier molecular flexibility index (Phi) is 9.85. The van der Waals surface area contributed by atoms with Gasteiger partial charge in [-0.1, -0.05) is 86.6 Å². The highest BCUT2D eigenvalue weighted by Crippen LogP contribution is 2.45. The van der Waals surface area contributed by atoms with Crippen LogP contribution in [0.25, 0.3) is 0 Å². The van der Waals surface area contributed by atoms with Crippen molar-refractivity contribution in [3.8, 4) is 5.75 Å². The van der Waals surface area contributed by atoms with E-state index in [0.29, 0.717) is 11.3 Å². The number of aromatic nitrogens is 2. The second-order valence-electron chi connectivity index (χ2n) is 11.4. The number of benzene rings is 3. The molecule has 236 valence electrons. The first-order chi connectivity index (χ1) is 21.7. The first-order valence-corrected chi connectivity index (χ1v) is 14.9. The maximum Gasteiger partial charge on any atom is 0.508 e. The van der Waals surface area contributed by atoms with E-state index in [2.05, 4.69) is 4.98 Å². The van der Waals surface area contributed by atoms with Crippen LogP contribution in [0.4, 0.5) is 4.79 Å². The summed E-state index contributed by atoms with van der Waals surface area (Å²) in [5, 5.41) is 0. The van der Waals surface area contributed by atoms with Crippen LogP contribution < -0.4 is 16.0 Å². The third-order valence-corrected chi connectivity index (χ3v) is 7.72. The number of aromatic amines is 1. The molecule has 2 heterocycles. The van der Waals surface area contributed by atoms with Crippen molar-refractivity contribution in [1.82, 2.24) is 9.55 Å². The van der Waals surface area contributed by atoms with Crippen LogP contribution >= 0.6 is 0 Å². The summed E-state index contributed by atoms with van der Waals surface area (Å²) < 4.78 is 31.1. The molecule has 0 unspecified atom stereocenters. The lowest BCUT2D eigenvalue weighted by Crippen LogP contribution is -2.41. The SMILES string of the molecule is COc1ccc(C(O[C@H]2C[C@H](n3cc(C)c(=O)[nH]c3=O)O[C@@H]2COC(=O)OCC(C)C)(c2ccccc2)c2ccccc2)cc1. The molecule has 10 nitrogen and oxygen atoms in total. The average molecular weight is 615 g/mol. The molecule has 0 radical (unpaired) electrons. The van der Waals surface area contributed by atoms with Gasteiger partial charge >= 0.3 is 11.8 Å². The predicted octanol–water partition coefficient (Wildman–Crippen LogP) is 5.33. The molecular weight excluding hydrogens is 576 g/mol. The normalized spacial score (nSPS) is 18.1. The zero-order valence-corrected chi connectivity index (χ0v) is 25.8. The van der Waals surface area contributed by atoms with Crippen LogP contribution in [0.2, 0.25) is 0 Å². The van der Waals surface area contributed by atoms with Gasteiger partial charge in [0.15, 0.2) is 0 Å². The maximum absolute atomic E-state index is 12.9. The van der Waals surface area contributed by atoms with Crippen LogP contribution in [0.15, 0.2) is 101 Å². The van der Waals surface area contributed by atoms with Gasteiger partial charge in [-0.3, -0.25) is 14.3 Å². The number of rotatable bonds is 11. The highest BCUT2D eigenvalue weighted by molar-refractivity contribution is 5.59. The number of methoxy groups -OCH3 is 1. The van der Waals surface area contributed by atoms with Gasteiger partial charge in [-0.25, -0.2) is 9.59 Å². The number of nitrogens with one attached hydrogen (secondary N) is 1. The van der Waals surface area contributed by atoms with Gasteiger partial charge in [0.1, 0.15) is 30.3 Å². The largest absolute Gasteiger partial charge is 0.508 e. The number of hydrogen-bond donors (Lipinski definition) is 1. The zero-order chi connectivity index (χ0) is 32.0. The first kappa shape index (κ1) is 31.7. The zero-order valence-electron chi connectivity index (χ0n) is 25.8. The number of nitrogens with zero attached hydrogens (tertiary/aromatic N) is 1. The van der Waals surface area contributed by atoms with Crippen LogP contribution in [-0.4, -0.2) is 48.2 Å². The predicted molar refractivity (Wildman–Crippen MR) is 167 cm³/mol. The Morgan fingerprint density at radius 3 is 2.11 bits per heavy atom. The third kappa shape index (κ3) is 7.02. The lowest BCUT2D eigenvalue weighted by Gasteiger charge is -2.39. The van der Waals surface area contributed by atoms with Crippen molar-refractivity contribution in [1.29, 1.82) is 0 Å². The highest BCUT2D eigenvalue weighted by atomic mass is 16.7. The van der Waals surface area contributed by atoms with Crippen LogP contribution in [0, 0.1) is 12.8 Å². The van der Waals surface area contributed by atoms with E-state index < -0.39 is 41.4 Å². The molecule has 1 aromatic heterocycles. The summed E-state index contributed by atoms with van der Waals surface area (Å²) in [6.07, 6.45) is -1.41. The molecule has 1 aliphatic heterocycles. The second kappa shape index (κ2) is 14.0. The van der Waals surface area contributed by atoms with E-state index in [9.17, 15) is 14.4 Å². The Morgan fingerprint density at radius 2 is 1.53 bits per heavy atom. The van der Waals surface area contributed by atoms with Crippen LogP contribution in [0.5, 0.6) is 5.75 Å². The molecule has 1 fully saturated rings. The summed E-state index contributed by atoms with van der Waals surface area (Å²) in [5.41, 5.74) is 0.683. The summed E-state index contributed by atoms with van der Waals surface area (Å²) in [7, 11) is 1.61. The molecule has 4 aromatic rings. The van der Waals surface area contributed by atoms with Crippen LogP contribution in [0.1, 0.15) is 48.8 Å². The number of aryl methyl sites for hydroxylation is 1. The van der Waals surface area contributed by atoms with E-state index in [1.165, 1.54) is 10.8 Å². The molecule has 0 amide bonds. The summed E-state index contributed by atoms with van der Waals surface area (Å²) in [6.45, 7) is 5.50. The number of carbonyl (C=O) groups excluding carboxylic acids is 1. The van der Waals surface area contributed by atoms with E-state index in [1.807, 2.05) is 98.8 Å². The van der Waals surface area contributed by atoms with Crippen molar-refractivity contribution in [3.63, 3.8) is 0 Å². The molecule has 45 heavy (non-hydrogen) atoms. The lowest BCUT2D eigenvalue weighted by atomic mass is 9.79. The summed E-state index contributed by atoms with van der Waals surface area (Å²) in [4.78, 5) is 39.8. The van der Waals surface area contributed by atoms with E-state index in [-0.39, 0.29) is 25.6 Å². The highest BCUT2D eigenvalue weighted by Gasteiger charge is 2.46. The van der Waals surface area contributed by atoms with Crippen molar-refractivity contribution in [3.05, 3.63) is 134 Å². The van der Waals surface area contributed by atoms with Gasteiger partial charge in [0.05, 0.1) is 19.8 Å². The summed E-state index contributed by atoms with van der Waals surface area (Å²) >= 11 is 0. The maximum atomic E-state index is 12.9. The van der Waals surface area contributed by atoms with Crippen molar-refractivity contribution in [2.75, 3.05) is 20.3 Å². The molecular formula is C35H38N2O8. The molecule has 1 saturated heterocycles. The minimum atomic E-state index is -1.14. The monoisotopic (exact) mass is 614 g/mol. The average Bonchev–Trinajstić information content (AvgIpc) is 3.46. The Labute approximate surface area is 261 Å². The molecule has 3 aromatic carbocycles. The fourth-order valence-corrected chi connectivity index (χ4v) is 5.47. The van der Waals surface area contributed by atoms with Crippen molar-refractivity contribution in [2.24, 2.45) is 5.92 Å². The number of hydrogen-bond acceptors (Lipinski definition) is 8. The molecule has 10 heteroatoms. The van der Waals surface area contributed by atoms with E-state index in [1.54, 1.807) is 14.0 Å². The van der Waals surface area contributed by atoms with E-state index >= 15 is 0 Å². The van der Waals surface area contributed by atoms with Crippen LogP contribution in [-0.2, 0) is 24.5 Å². The third-order valence-electron chi connectivity index (χ3n) is 7.72. The Bertz CT molecular complexity index is 1640. The molecule has 5 rings (SSSR count). The Balaban J connectivity index is 1.59. The molecule has 0 bridgehead atoms. The van der Waals surface area contributed by atoms with Gasteiger partial charge < -0.3 is 23.7 Å². The van der Waals surface area contributed by atoms with Gasteiger partial charge in [-0.15, -0.1) is 0 Å². The van der Waals surface area contributed by atoms with Gasteiger partial charge in [-0.05, 0) is 41.7 Å². The summed E-state index contributed by atoms with van der Waals surface area (Å²) in [6, 6.07) is 27.3. The fourth-order valence-electron chi connectivity index (χ4n) is 5.47. The van der Waals surface area contributed by atoms with Gasteiger partial charge in [0.25, 0.3) is 5.56 Å². The lowest BCUT2D eigenvalue weighted by molar-refractivity contribution is -0.105. The Hall–Kier alpha value is -4.67. The second-order valence-corrected chi connectivity index (χ2v) is 11.4. The van der Waals surface area contributed by atoms with Crippen molar-refractivity contribution >= 4 is 6.16 Å². The first-order valence-electron chi connectivity index (χ1n) is 14.9. The molecule has 0 aliphatic carbocycles. The molecule has 3 atom stereocenters.